The maximum absolute atomic E-state index is 12.5. The molecule has 1 amide bonds. The molecular formula is C71H139NO5. The highest BCUT2D eigenvalue weighted by atomic mass is 16.5. The molecule has 0 spiro atoms. The molecule has 0 aliphatic heterocycles. The van der Waals surface area contributed by atoms with E-state index in [1.165, 1.54) is 340 Å². The van der Waals surface area contributed by atoms with E-state index >= 15 is 0 Å². The van der Waals surface area contributed by atoms with E-state index in [0.717, 1.165) is 38.5 Å². The number of allylic oxidation sites excluding steroid dienone is 1. The van der Waals surface area contributed by atoms with E-state index in [-0.39, 0.29) is 18.5 Å². The second kappa shape index (κ2) is 67.1. The molecule has 6 heteroatoms. The van der Waals surface area contributed by atoms with Crippen LogP contribution < -0.4 is 5.32 Å². The zero-order valence-electron chi connectivity index (χ0n) is 52.5. The zero-order valence-corrected chi connectivity index (χ0v) is 52.5. The molecule has 3 N–H and O–H groups in total. The van der Waals surface area contributed by atoms with E-state index in [1.54, 1.807) is 6.08 Å². The van der Waals surface area contributed by atoms with E-state index < -0.39 is 12.1 Å². The van der Waals surface area contributed by atoms with Crippen molar-refractivity contribution < 1.29 is 24.5 Å². The fourth-order valence-corrected chi connectivity index (χ4v) is 11.4. The molecule has 0 aliphatic rings. The van der Waals surface area contributed by atoms with Crippen molar-refractivity contribution in [1.29, 1.82) is 0 Å². The molecule has 0 fully saturated rings. The van der Waals surface area contributed by atoms with Gasteiger partial charge in [0.2, 0.25) is 5.91 Å². The molecule has 2 atom stereocenters. The second-order valence-corrected chi connectivity index (χ2v) is 24.6. The van der Waals surface area contributed by atoms with Gasteiger partial charge in [0.25, 0.3) is 0 Å². The number of amides is 1. The van der Waals surface area contributed by atoms with E-state index in [1.807, 2.05) is 6.08 Å². The van der Waals surface area contributed by atoms with Crippen LogP contribution in [0, 0.1) is 0 Å². The predicted molar refractivity (Wildman–Crippen MR) is 338 cm³/mol. The van der Waals surface area contributed by atoms with Gasteiger partial charge >= 0.3 is 5.97 Å². The summed E-state index contributed by atoms with van der Waals surface area (Å²) in [6.07, 6.45) is 82.8. The van der Waals surface area contributed by atoms with Gasteiger partial charge in [0, 0.05) is 12.8 Å². The van der Waals surface area contributed by atoms with Crippen LogP contribution in [0.15, 0.2) is 12.2 Å². The summed E-state index contributed by atoms with van der Waals surface area (Å²) in [7, 11) is 0. The SMILES string of the molecule is CCCCCCCCCCCCCCCCCCCCCC/C=C/C(O)C(CO)NC(=O)CCCCCCCCCCCCCCCCCCCCCCCCOC(=O)CCCCCCCCCCCCCCCCCC. The largest absolute Gasteiger partial charge is 0.466 e. The molecule has 0 aromatic heterocycles. The lowest BCUT2D eigenvalue weighted by atomic mass is 10.0. The molecule has 0 bridgehead atoms. The van der Waals surface area contributed by atoms with Crippen molar-refractivity contribution in [2.45, 2.75) is 418 Å². The summed E-state index contributed by atoms with van der Waals surface area (Å²) in [5.41, 5.74) is 0. The van der Waals surface area contributed by atoms with Crippen molar-refractivity contribution in [1.82, 2.24) is 5.32 Å². The number of hydrogen-bond acceptors (Lipinski definition) is 5. The molecule has 0 rings (SSSR count). The normalized spacial score (nSPS) is 12.5. The zero-order chi connectivity index (χ0) is 55.7. The summed E-state index contributed by atoms with van der Waals surface area (Å²) in [6, 6.07) is -0.628. The molecule has 0 aromatic rings. The van der Waals surface area contributed by atoms with Crippen LogP contribution >= 0.6 is 0 Å². The molecule has 0 aliphatic carbocycles. The van der Waals surface area contributed by atoms with Crippen molar-refractivity contribution in [2.24, 2.45) is 0 Å². The Bertz CT molecular complexity index is 1160. The number of hydrogen-bond donors (Lipinski definition) is 3. The third-order valence-electron chi connectivity index (χ3n) is 16.8. The number of esters is 1. The van der Waals surface area contributed by atoms with Crippen molar-refractivity contribution in [3.05, 3.63) is 12.2 Å². The maximum Gasteiger partial charge on any atom is 0.305 e. The smallest absolute Gasteiger partial charge is 0.305 e. The van der Waals surface area contributed by atoms with Crippen molar-refractivity contribution >= 4 is 11.9 Å². The quantitative estimate of drug-likeness (QED) is 0.0320. The van der Waals surface area contributed by atoms with Crippen LogP contribution in [0.2, 0.25) is 0 Å². The molecule has 77 heavy (non-hydrogen) atoms. The van der Waals surface area contributed by atoms with Crippen LogP contribution in [0.25, 0.3) is 0 Å². The molecule has 0 aromatic carbocycles. The Kier molecular flexibility index (Phi) is 65.9. The number of ether oxygens (including phenoxy) is 1. The lowest BCUT2D eigenvalue weighted by molar-refractivity contribution is -0.143. The first-order chi connectivity index (χ1) is 38.0. The number of nitrogens with one attached hydrogen (secondary N) is 1. The average molecular weight is 1090 g/mol. The molecule has 0 saturated heterocycles. The molecule has 6 nitrogen and oxygen atoms in total. The summed E-state index contributed by atoms with van der Waals surface area (Å²) >= 11 is 0. The van der Waals surface area contributed by atoms with E-state index in [2.05, 4.69) is 19.2 Å². The highest BCUT2D eigenvalue weighted by Gasteiger charge is 2.18. The van der Waals surface area contributed by atoms with Gasteiger partial charge in [-0.1, -0.05) is 373 Å². The monoisotopic (exact) mass is 1090 g/mol. The first kappa shape index (κ1) is 75.6. The molecule has 458 valence electrons. The molecular weight excluding hydrogens is 947 g/mol. The second-order valence-electron chi connectivity index (χ2n) is 24.6. The van der Waals surface area contributed by atoms with E-state index in [0.29, 0.717) is 19.4 Å². The van der Waals surface area contributed by atoms with Crippen LogP contribution in [-0.4, -0.2) is 47.4 Å². The Morgan fingerprint density at radius 3 is 0.883 bits per heavy atom. The van der Waals surface area contributed by atoms with Gasteiger partial charge in [-0.25, -0.2) is 0 Å². The third-order valence-corrected chi connectivity index (χ3v) is 16.8. The van der Waals surface area contributed by atoms with Crippen LogP contribution in [0.1, 0.15) is 406 Å². The molecule has 0 heterocycles. The van der Waals surface area contributed by atoms with Gasteiger partial charge in [-0.3, -0.25) is 9.59 Å². The average Bonchev–Trinajstić information content (AvgIpc) is 3.43. The van der Waals surface area contributed by atoms with Gasteiger partial charge < -0.3 is 20.3 Å². The summed E-state index contributed by atoms with van der Waals surface area (Å²) in [5, 5.41) is 23.3. The summed E-state index contributed by atoms with van der Waals surface area (Å²) in [4.78, 5) is 24.6. The number of carbonyl (C=O) groups is 2. The summed E-state index contributed by atoms with van der Waals surface area (Å²) in [6.45, 7) is 4.95. The Balaban J connectivity index is 3.39. The topological polar surface area (TPSA) is 95.9 Å². The highest BCUT2D eigenvalue weighted by molar-refractivity contribution is 5.76. The van der Waals surface area contributed by atoms with Gasteiger partial charge in [0.1, 0.15) is 0 Å². The Morgan fingerprint density at radius 2 is 0.597 bits per heavy atom. The summed E-state index contributed by atoms with van der Waals surface area (Å²) < 4.78 is 5.50. The number of rotatable bonds is 67. The van der Waals surface area contributed by atoms with Crippen LogP contribution in [0.3, 0.4) is 0 Å². The van der Waals surface area contributed by atoms with Crippen LogP contribution in [0.5, 0.6) is 0 Å². The Morgan fingerprint density at radius 1 is 0.351 bits per heavy atom. The minimum absolute atomic E-state index is 0.0174. The number of unbranched alkanes of at least 4 members (excludes halogenated alkanes) is 56. The van der Waals surface area contributed by atoms with Gasteiger partial charge in [0.05, 0.1) is 25.4 Å². The first-order valence-electron chi connectivity index (χ1n) is 35.5. The molecule has 0 radical (unpaired) electrons. The van der Waals surface area contributed by atoms with Gasteiger partial charge in [-0.2, -0.15) is 0 Å². The minimum Gasteiger partial charge on any atom is -0.466 e. The lowest BCUT2D eigenvalue weighted by Gasteiger charge is -2.20. The van der Waals surface area contributed by atoms with Crippen molar-refractivity contribution in [3.8, 4) is 0 Å². The fraction of sp³-hybridized carbons (Fsp3) is 0.944. The Hall–Kier alpha value is -1.40. The minimum atomic E-state index is -0.845. The number of aliphatic hydroxyl groups is 2. The highest BCUT2D eigenvalue weighted by Crippen LogP contribution is 2.19. The third kappa shape index (κ3) is 63.6. The maximum atomic E-state index is 12.5. The van der Waals surface area contributed by atoms with E-state index in [4.69, 9.17) is 4.74 Å². The van der Waals surface area contributed by atoms with Gasteiger partial charge in [-0.15, -0.1) is 0 Å². The van der Waals surface area contributed by atoms with E-state index in [9.17, 15) is 19.8 Å². The lowest BCUT2D eigenvalue weighted by Crippen LogP contribution is -2.45. The fourth-order valence-electron chi connectivity index (χ4n) is 11.4. The summed E-state index contributed by atoms with van der Waals surface area (Å²) in [5.74, 6) is -0.0459. The predicted octanol–water partition coefficient (Wildman–Crippen LogP) is 22.8. The molecule has 0 saturated carbocycles. The van der Waals surface area contributed by atoms with Crippen LogP contribution in [-0.2, 0) is 14.3 Å². The van der Waals surface area contributed by atoms with Gasteiger partial charge in [-0.05, 0) is 32.1 Å². The van der Waals surface area contributed by atoms with Gasteiger partial charge in [0.15, 0.2) is 0 Å². The standard InChI is InChI=1S/C71H139NO5/c1-3-5-7-9-11-13-15-17-19-21-22-23-26-29-32-35-39-43-47-51-55-59-63-69(74)68(67-73)72-70(75)64-60-56-52-48-44-40-36-33-30-27-24-25-28-31-34-38-42-46-50-54-58-62-66-77-71(76)65-61-57-53-49-45-41-37-20-18-16-14-12-10-8-6-4-2/h59,63,68-69,73-74H,3-58,60-62,64-67H2,1-2H3,(H,72,75)/b63-59+. The number of aliphatic hydroxyl groups excluding tert-OH is 2. The van der Waals surface area contributed by atoms with Crippen molar-refractivity contribution in [2.75, 3.05) is 13.2 Å². The molecule has 2 unspecified atom stereocenters. The van der Waals surface area contributed by atoms with Crippen LogP contribution in [0.4, 0.5) is 0 Å². The number of carbonyl (C=O) groups excluding carboxylic acids is 2. The van der Waals surface area contributed by atoms with Crippen molar-refractivity contribution in [3.63, 3.8) is 0 Å². The Labute approximate surface area is 482 Å². The first-order valence-corrected chi connectivity index (χ1v) is 35.5.